The number of pyridine rings is 1. The fourth-order valence-electron chi connectivity index (χ4n) is 0.625. The summed E-state index contributed by atoms with van der Waals surface area (Å²) < 4.78 is 35.9. The molecule has 0 unspecified atom stereocenters. The maximum atomic E-state index is 11.9. The first-order chi connectivity index (χ1) is 5.88. The zero-order chi connectivity index (χ0) is 10.1. The largest absolute Gasteiger partial charge is 0.447 e. The van der Waals surface area contributed by atoms with Gasteiger partial charge in [-0.15, -0.1) is 0 Å². The molecule has 0 saturated carbocycles. The molecule has 0 aliphatic rings. The second kappa shape index (κ2) is 3.75. The number of nitrogens with zero attached hydrogens (tertiary/aromatic N) is 1. The minimum Gasteiger partial charge on any atom is -0.397 e. The summed E-state index contributed by atoms with van der Waals surface area (Å²) in [5, 5.41) is -0.137. The maximum absolute atomic E-state index is 11.9. The number of thioether (sulfide) groups is 1. The third-order valence-electron chi connectivity index (χ3n) is 1.04. The predicted molar refractivity (Wildman–Crippen MR) is 48.3 cm³/mol. The van der Waals surface area contributed by atoms with Crippen molar-refractivity contribution in [3.8, 4) is 0 Å². The fourth-order valence-corrected chi connectivity index (χ4v) is 1.72. The van der Waals surface area contributed by atoms with E-state index >= 15 is 0 Å². The minimum atomic E-state index is -4.33. The Labute approximate surface area is 84.8 Å². The number of halogens is 4. The fraction of sp³-hybridized carbons (Fsp3) is 0.167. The molecule has 0 fully saturated rings. The van der Waals surface area contributed by atoms with Gasteiger partial charge in [0.25, 0.3) is 0 Å². The highest BCUT2D eigenvalue weighted by molar-refractivity contribution is 9.10. The van der Waals surface area contributed by atoms with Gasteiger partial charge in [0.1, 0.15) is 5.03 Å². The Morgan fingerprint density at radius 1 is 1.46 bits per heavy atom. The van der Waals surface area contributed by atoms with Crippen LogP contribution in [-0.4, -0.2) is 10.5 Å². The molecule has 0 radical (unpaired) electrons. The van der Waals surface area contributed by atoms with E-state index in [-0.39, 0.29) is 21.3 Å². The van der Waals surface area contributed by atoms with Crippen molar-refractivity contribution in [3.05, 3.63) is 16.7 Å². The molecule has 0 aromatic carbocycles. The van der Waals surface area contributed by atoms with E-state index in [1.165, 1.54) is 12.3 Å². The number of anilines is 1. The highest BCUT2D eigenvalue weighted by Gasteiger charge is 2.31. The molecular formula is C6H4BrF3N2S. The number of hydrogen-bond acceptors (Lipinski definition) is 3. The van der Waals surface area contributed by atoms with Gasteiger partial charge in [0.15, 0.2) is 0 Å². The lowest BCUT2D eigenvalue weighted by atomic mass is 10.4. The molecule has 0 aliphatic heterocycles. The normalized spacial score (nSPS) is 11.7. The lowest BCUT2D eigenvalue weighted by Crippen LogP contribution is -2.01. The average Bonchev–Trinajstić information content (AvgIpc) is 1.93. The molecule has 13 heavy (non-hydrogen) atoms. The smallest absolute Gasteiger partial charge is 0.397 e. The van der Waals surface area contributed by atoms with Gasteiger partial charge in [-0.3, -0.25) is 0 Å². The number of alkyl halides is 3. The summed E-state index contributed by atoms with van der Waals surface area (Å²) in [6.45, 7) is 0. The standard InChI is InChI=1S/C6H4BrF3N2S/c7-4-1-3(11)2-12-5(4)13-6(8,9)10/h1-2H,11H2. The molecule has 1 rings (SSSR count). The minimum absolute atomic E-state index is 0.137. The van der Waals surface area contributed by atoms with Crippen molar-refractivity contribution in [1.29, 1.82) is 0 Å². The number of nitrogen functional groups attached to an aromatic ring is 1. The summed E-state index contributed by atoms with van der Waals surface area (Å²) in [6.07, 6.45) is 1.18. The van der Waals surface area contributed by atoms with Crippen LogP contribution in [0.4, 0.5) is 18.9 Å². The summed E-state index contributed by atoms with van der Waals surface area (Å²) in [5.41, 5.74) is 1.30. The Morgan fingerprint density at radius 2 is 2.08 bits per heavy atom. The lowest BCUT2D eigenvalue weighted by Gasteiger charge is -2.06. The van der Waals surface area contributed by atoms with Crippen molar-refractivity contribution < 1.29 is 13.2 Å². The van der Waals surface area contributed by atoms with Crippen LogP contribution < -0.4 is 5.73 Å². The average molecular weight is 273 g/mol. The van der Waals surface area contributed by atoms with E-state index < -0.39 is 5.51 Å². The second-order valence-corrected chi connectivity index (χ2v) is 4.01. The Kier molecular flexibility index (Phi) is 3.07. The lowest BCUT2D eigenvalue weighted by molar-refractivity contribution is -0.0329. The highest BCUT2D eigenvalue weighted by atomic mass is 79.9. The molecule has 0 aliphatic carbocycles. The molecule has 0 bridgehead atoms. The van der Waals surface area contributed by atoms with E-state index in [4.69, 9.17) is 5.73 Å². The summed E-state index contributed by atoms with van der Waals surface area (Å²) in [7, 11) is 0. The van der Waals surface area contributed by atoms with Crippen molar-refractivity contribution in [3.63, 3.8) is 0 Å². The molecule has 1 aromatic rings. The van der Waals surface area contributed by atoms with Crippen molar-refractivity contribution in [2.45, 2.75) is 10.5 Å². The summed E-state index contributed by atoms with van der Waals surface area (Å²) >= 11 is 2.66. The van der Waals surface area contributed by atoms with Gasteiger partial charge in [-0.1, -0.05) is 0 Å². The van der Waals surface area contributed by atoms with Crippen molar-refractivity contribution in [2.24, 2.45) is 0 Å². The first kappa shape index (κ1) is 10.6. The van der Waals surface area contributed by atoms with Crippen molar-refractivity contribution in [2.75, 3.05) is 5.73 Å². The molecule has 7 heteroatoms. The molecule has 0 atom stereocenters. The SMILES string of the molecule is Nc1cnc(SC(F)(F)F)c(Br)c1. The zero-order valence-electron chi connectivity index (χ0n) is 6.10. The van der Waals surface area contributed by atoms with E-state index in [1.54, 1.807) is 0 Å². The molecule has 2 nitrogen and oxygen atoms in total. The van der Waals surface area contributed by atoms with E-state index in [0.717, 1.165) is 0 Å². The van der Waals surface area contributed by atoms with Crippen molar-refractivity contribution in [1.82, 2.24) is 4.98 Å². The van der Waals surface area contributed by atoms with Crippen LogP contribution >= 0.6 is 27.7 Å². The van der Waals surface area contributed by atoms with Crippen LogP contribution in [0.1, 0.15) is 0 Å². The maximum Gasteiger partial charge on any atom is 0.447 e. The van der Waals surface area contributed by atoms with Crippen LogP contribution in [-0.2, 0) is 0 Å². The van der Waals surface area contributed by atoms with Crippen LogP contribution in [0.25, 0.3) is 0 Å². The van der Waals surface area contributed by atoms with Gasteiger partial charge in [-0.25, -0.2) is 4.98 Å². The molecular weight excluding hydrogens is 269 g/mol. The van der Waals surface area contributed by atoms with Crippen LogP contribution in [0, 0.1) is 0 Å². The first-order valence-corrected chi connectivity index (χ1v) is 4.66. The molecule has 0 spiro atoms. The van der Waals surface area contributed by atoms with Gasteiger partial charge < -0.3 is 5.73 Å². The number of rotatable bonds is 1. The Hall–Kier alpha value is -0.430. The van der Waals surface area contributed by atoms with Crippen LogP contribution in [0.3, 0.4) is 0 Å². The topological polar surface area (TPSA) is 38.9 Å². The zero-order valence-corrected chi connectivity index (χ0v) is 8.50. The van der Waals surface area contributed by atoms with Crippen LogP contribution in [0.15, 0.2) is 21.8 Å². The van der Waals surface area contributed by atoms with Gasteiger partial charge in [0.2, 0.25) is 0 Å². The Balaban J connectivity index is 2.90. The third kappa shape index (κ3) is 3.43. The van der Waals surface area contributed by atoms with Gasteiger partial charge >= 0.3 is 5.51 Å². The van der Waals surface area contributed by atoms with Crippen LogP contribution in [0.2, 0.25) is 0 Å². The molecule has 0 amide bonds. The predicted octanol–water partition coefficient (Wildman–Crippen LogP) is 3.04. The van der Waals surface area contributed by atoms with Gasteiger partial charge in [-0.2, -0.15) is 13.2 Å². The molecule has 1 heterocycles. The third-order valence-corrected chi connectivity index (χ3v) is 2.66. The number of aromatic nitrogens is 1. The van der Waals surface area contributed by atoms with E-state index in [9.17, 15) is 13.2 Å². The second-order valence-electron chi connectivity index (χ2n) is 2.10. The van der Waals surface area contributed by atoms with Gasteiger partial charge in [0, 0.05) is 11.8 Å². The number of hydrogen-bond donors (Lipinski definition) is 1. The monoisotopic (exact) mass is 272 g/mol. The van der Waals surface area contributed by atoms with Gasteiger partial charge in [0.05, 0.1) is 16.4 Å². The first-order valence-electron chi connectivity index (χ1n) is 3.05. The van der Waals surface area contributed by atoms with E-state index in [2.05, 4.69) is 20.9 Å². The van der Waals surface area contributed by atoms with E-state index in [1.807, 2.05) is 0 Å². The highest BCUT2D eigenvalue weighted by Crippen LogP contribution is 2.39. The Bertz CT molecular complexity index is 315. The van der Waals surface area contributed by atoms with Gasteiger partial charge in [-0.05, 0) is 22.0 Å². The van der Waals surface area contributed by atoms with Crippen molar-refractivity contribution >= 4 is 33.4 Å². The molecule has 2 N–H and O–H groups in total. The molecule has 72 valence electrons. The van der Waals surface area contributed by atoms with Crippen LogP contribution in [0.5, 0.6) is 0 Å². The van der Waals surface area contributed by atoms with E-state index in [0.29, 0.717) is 5.69 Å². The summed E-state index contributed by atoms with van der Waals surface area (Å²) in [6, 6.07) is 1.38. The molecule has 1 aromatic heterocycles. The molecule has 0 saturated heterocycles. The Morgan fingerprint density at radius 3 is 2.54 bits per heavy atom. The quantitative estimate of drug-likeness (QED) is 0.799. The summed E-state index contributed by atoms with van der Waals surface area (Å²) in [5.74, 6) is 0. The summed E-state index contributed by atoms with van der Waals surface area (Å²) in [4.78, 5) is 3.53. The number of nitrogens with two attached hydrogens (primary N) is 1.